The third-order valence-corrected chi connectivity index (χ3v) is 9.26. The molecule has 0 bridgehead atoms. The summed E-state index contributed by atoms with van der Waals surface area (Å²) in [4.78, 5) is 4.17. The van der Waals surface area contributed by atoms with Crippen molar-refractivity contribution in [2.75, 3.05) is 6.54 Å². The molecular weight excluding hydrogens is 460 g/mol. The van der Waals surface area contributed by atoms with Crippen molar-refractivity contribution < 1.29 is 21.6 Å². The molecule has 1 unspecified atom stereocenters. The van der Waals surface area contributed by atoms with E-state index in [-0.39, 0.29) is 22.4 Å². The van der Waals surface area contributed by atoms with Crippen LogP contribution in [0.4, 0.5) is 0 Å². The summed E-state index contributed by atoms with van der Waals surface area (Å²) in [5.41, 5.74) is 0.407. The highest BCUT2D eigenvalue weighted by Crippen LogP contribution is 2.29. The zero-order chi connectivity index (χ0) is 23.3. The van der Waals surface area contributed by atoms with E-state index in [1.54, 1.807) is 42.5 Å². The van der Waals surface area contributed by atoms with Gasteiger partial charge in [-0.1, -0.05) is 24.3 Å². The van der Waals surface area contributed by atoms with Gasteiger partial charge in [-0.15, -0.1) is 0 Å². The summed E-state index contributed by atoms with van der Waals surface area (Å²) in [5, 5.41) is -1.13. The molecular formula is C24H26N2O5S2. The van der Waals surface area contributed by atoms with Crippen LogP contribution in [-0.4, -0.2) is 34.5 Å². The molecule has 2 aromatic carbocycles. The molecule has 9 heteroatoms. The molecule has 1 aliphatic rings. The number of nitrogens with one attached hydrogen (secondary N) is 1. The first-order chi connectivity index (χ1) is 15.9. The number of benzene rings is 2. The zero-order valence-electron chi connectivity index (χ0n) is 18.0. The van der Waals surface area contributed by atoms with Crippen LogP contribution in [0.3, 0.4) is 0 Å². The van der Waals surface area contributed by atoms with Gasteiger partial charge in [0.2, 0.25) is 10.0 Å². The number of hydrogen-bond acceptors (Lipinski definition) is 6. The maximum atomic E-state index is 13.3. The summed E-state index contributed by atoms with van der Waals surface area (Å²) in [6, 6.07) is 17.4. The average Bonchev–Trinajstić information content (AvgIpc) is 3.34. The number of pyridine rings is 1. The van der Waals surface area contributed by atoms with Crippen LogP contribution in [0.2, 0.25) is 0 Å². The SMILES string of the molecule is O=S(=O)(NCC(c1cccnc1)S(=O)(=O)c1ccccc1)c1ccc(OC2CCCC2)cc1. The summed E-state index contributed by atoms with van der Waals surface area (Å²) < 4.78 is 60.8. The number of sulfone groups is 1. The predicted octanol–water partition coefficient (Wildman–Crippen LogP) is 3.90. The van der Waals surface area contributed by atoms with E-state index in [1.165, 1.54) is 36.7 Å². The Bertz CT molecular complexity index is 1260. The minimum absolute atomic E-state index is 0.0447. The highest BCUT2D eigenvalue weighted by molar-refractivity contribution is 7.92. The smallest absolute Gasteiger partial charge is 0.240 e. The minimum Gasteiger partial charge on any atom is -0.490 e. The molecule has 7 nitrogen and oxygen atoms in total. The summed E-state index contributed by atoms with van der Waals surface area (Å²) >= 11 is 0. The number of rotatable bonds is 9. The summed E-state index contributed by atoms with van der Waals surface area (Å²) in [6.07, 6.45) is 7.45. The van der Waals surface area contributed by atoms with Crippen LogP contribution in [0.5, 0.6) is 5.75 Å². The molecule has 0 saturated heterocycles. The number of aromatic nitrogens is 1. The lowest BCUT2D eigenvalue weighted by molar-refractivity contribution is 0.210. The Hall–Kier alpha value is -2.75. The van der Waals surface area contributed by atoms with E-state index in [0.29, 0.717) is 11.3 Å². The van der Waals surface area contributed by atoms with Crippen LogP contribution >= 0.6 is 0 Å². The second-order valence-corrected chi connectivity index (χ2v) is 11.9. The number of sulfonamides is 1. The maximum absolute atomic E-state index is 13.3. The van der Waals surface area contributed by atoms with Gasteiger partial charge in [0.05, 0.1) is 15.9 Å². The lowest BCUT2D eigenvalue weighted by atomic mass is 10.2. The van der Waals surface area contributed by atoms with Gasteiger partial charge < -0.3 is 4.74 Å². The molecule has 1 heterocycles. The molecule has 1 atom stereocenters. The Balaban J connectivity index is 1.53. The Kier molecular flexibility index (Phi) is 7.11. The van der Waals surface area contributed by atoms with Gasteiger partial charge in [-0.2, -0.15) is 0 Å². The van der Waals surface area contributed by atoms with Crippen molar-refractivity contribution in [2.45, 2.75) is 46.8 Å². The van der Waals surface area contributed by atoms with Crippen molar-refractivity contribution in [1.29, 1.82) is 0 Å². The van der Waals surface area contributed by atoms with Crippen molar-refractivity contribution in [1.82, 2.24) is 9.71 Å². The predicted molar refractivity (Wildman–Crippen MR) is 125 cm³/mol. The molecule has 1 N–H and O–H groups in total. The molecule has 3 aromatic rings. The van der Waals surface area contributed by atoms with Gasteiger partial charge in [0, 0.05) is 18.9 Å². The second-order valence-electron chi connectivity index (χ2n) is 7.98. The van der Waals surface area contributed by atoms with E-state index >= 15 is 0 Å². The topological polar surface area (TPSA) is 102 Å². The minimum atomic E-state index is -3.94. The summed E-state index contributed by atoms with van der Waals surface area (Å²) in [5.74, 6) is 0.626. The van der Waals surface area contributed by atoms with Crippen molar-refractivity contribution in [3.05, 3.63) is 84.7 Å². The maximum Gasteiger partial charge on any atom is 0.240 e. The number of nitrogens with zero attached hydrogens (tertiary/aromatic N) is 1. The summed E-state index contributed by atoms with van der Waals surface area (Å²) in [6.45, 7) is -0.328. The van der Waals surface area contributed by atoms with Crippen LogP contribution < -0.4 is 9.46 Å². The van der Waals surface area contributed by atoms with E-state index in [0.717, 1.165) is 25.7 Å². The Labute approximate surface area is 194 Å². The molecule has 0 radical (unpaired) electrons. The van der Waals surface area contributed by atoms with E-state index < -0.39 is 25.1 Å². The fraction of sp³-hybridized carbons (Fsp3) is 0.292. The second kappa shape index (κ2) is 10.0. The van der Waals surface area contributed by atoms with Gasteiger partial charge in [0.15, 0.2) is 9.84 Å². The molecule has 1 saturated carbocycles. The van der Waals surface area contributed by atoms with Crippen molar-refractivity contribution in [2.24, 2.45) is 0 Å². The molecule has 33 heavy (non-hydrogen) atoms. The first-order valence-electron chi connectivity index (χ1n) is 10.8. The third-order valence-electron chi connectivity index (χ3n) is 5.70. The van der Waals surface area contributed by atoms with Gasteiger partial charge in [0.25, 0.3) is 0 Å². The summed E-state index contributed by atoms with van der Waals surface area (Å²) in [7, 11) is -7.81. The monoisotopic (exact) mass is 486 g/mol. The van der Waals surface area contributed by atoms with Gasteiger partial charge >= 0.3 is 0 Å². The van der Waals surface area contributed by atoms with E-state index in [4.69, 9.17) is 4.74 Å². The molecule has 4 rings (SSSR count). The quantitative estimate of drug-likeness (QED) is 0.492. The van der Waals surface area contributed by atoms with Crippen molar-refractivity contribution >= 4 is 19.9 Å². The normalized spacial score (nSPS) is 15.9. The third kappa shape index (κ3) is 5.61. The Morgan fingerprint density at radius 1 is 0.879 bits per heavy atom. The first kappa shape index (κ1) is 23.4. The van der Waals surface area contributed by atoms with Crippen molar-refractivity contribution in [3.63, 3.8) is 0 Å². The standard InChI is InChI=1S/C24H26N2O5S2/c27-32(28,22-10-2-1-3-11-22)24(19-7-6-16-25-17-19)18-26-33(29,30)23-14-12-21(13-15-23)31-20-8-4-5-9-20/h1-3,6-7,10-17,20,24,26H,4-5,8-9,18H2. The Morgan fingerprint density at radius 2 is 1.58 bits per heavy atom. The first-order valence-corrected chi connectivity index (χ1v) is 13.8. The van der Waals surface area contributed by atoms with Crippen LogP contribution in [0.1, 0.15) is 36.5 Å². The molecule has 1 aliphatic carbocycles. The molecule has 0 amide bonds. The van der Waals surface area contributed by atoms with Crippen LogP contribution in [0.15, 0.2) is 88.9 Å². The van der Waals surface area contributed by atoms with Gasteiger partial charge in [-0.05, 0) is 73.7 Å². The highest BCUT2D eigenvalue weighted by atomic mass is 32.2. The average molecular weight is 487 g/mol. The molecule has 1 aromatic heterocycles. The van der Waals surface area contributed by atoms with Crippen LogP contribution in [0.25, 0.3) is 0 Å². The highest BCUT2D eigenvalue weighted by Gasteiger charge is 2.31. The fourth-order valence-corrected chi connectivity index (χ4v) is 6.73. The largest absolute Gasteiger partial charge is 0.490 e. The van der Waals surface area contributed by atoms with E-state index in [1.807, 2.05) is 0 Å². The van der Waals surface area contributed by atoms with E-state index in [9.17, 15) is 16.8 Å². The van der Waals surface area contributed by atoms with Gasteiger partial charge in [-0.25, -0.2) is 21.6 Å². The fourth-order valence-electron chi connectivity index (χ4n) is 3.91. The van der Waals surface area contributed by atoms with Crippen LogP contribution in [0, 0.1) is 0 Å². The zero-order valence-corrected chi connectivity index (χ0v) is 19.6. The molecule has 174 valence electrons. The lowest BCUT2D eigenvalue weighted by Gasteiger charge is -2.19. The number of hydrogen-bond donors (Lipinski definition) is 1. The van der Waals surface area contributed by atoms with Gasteiger partial charge in [-0.3, -0.25) is 4.98 Å². The van der Waals surface area contributed by atoms with Gasteiger partial charge in [0.1, 0.15) is 11.0 Å². The Morgan fingerprint density at radius 3 is 2.21 bits per heavy atom. The number of ether oxygens (including phenoxy) is 1. The van der Waals surface area contributed by atoms with E-state index in [2.05, 4.69) is 9.71 Å². The molecule has 0 aliphatic heterocycles. The van der Waals surface area contributed by atoms with Crippen LogP contribution in [-0.2, 0) is 19.9 Å². The van der Waals surface area contributed by atoms with Crippen molar-refractivity contribution in [3.8, 4) is 5.75 Å². The lowest BCUT2D eigenvalue weighted by Crippen LogP contribution is -2.32. The molecule has 1 fully saturated rings. The molecule has 0 spiro atoms.